The minimum absolute atomic E-state index is 0.110. The van der Waals surface area contributed by atoms with E-state index in [1.165, 1.54) is 0 Å². The Balaban J connectivity index is 2.23. The first-order valence-corrected chi connectivity index (χ1v) is 6.71. The zero-order chi connectivity index (χ0) is 13.8. The number of carbonyl (C=O) groups excluding carboxylic acids is 1. The molecular formula is C11H17ClN6O. The molecule has 1 amide bonds. The summed E-state index contributed by atoms with van der Waals surface area (Å²) in [5.41, 5.74) is 5.38. The van der Waals surface area contributed by atoms with Crippen molar-refractivity contribution in [2.45, 2.75) is 32.2 Å². The van der Waals surface area contributed by atoms with Gasteiger partial charge in [-0.05, 0) is 30.9 Å². The van der Waals surface area contributed by atoms with Gasteiger partial charge in [0.2, 0.25) is 23.1 Å². The Morgan fingerprint density at radius 3 is 3.00 bits per heavy atom. The maximum Gasteiger partial charge on any atom is 0.240 e. The topological polar surface area (TPSA) is 97.0 Å². The monoisotopic (exact) mass is 284 g/mol. The van der Waals surface area contributed by atoms with Gasteiger partial charge in [0.1, 0.15) is 6.04 Å². The van der Waals surface area contributed by atoms with E-state index < -0.39 is 0 Å². The highest BCUT2D eigenvalue weighted by atomic mass is 35.5. The lowest BCUT2D eigenvalue weighted by molar-refractivity contribution is -0.119. The predicted octanol–water partition coefficient (Wildman–Crippen LogP) is 0.801. The van der Waals surface area contributed by atoms with Crippen molar-refractivity contribution in [1.82, 2.24) is 15.0 Å². The van der Waals surface area contributed by atoms with E-state index in [9.17, 15) is 4.79 Å². The number of nitrogens with zero attached hydrogens (tertiary/aromatic N) is 4. The van der Waals surface area contributed by atoms with Crippen LogP contribution in [0.2, 0.25) is 5.28 Å². The van der Waals surface area contributed by atoms with E-state index in [4.69, 9.17) is 17.3 Å². The van der Waals surface area contributed by atoms with Crippen LogP contribution in [0.25, 0.3) is 0 Å². The van der Waals surface area contributed by atoms with Gasteiger partial charge in [0.25, 0.3) is 0 Å². The molecular weight excluding hydrogens is 268 g/mol. The van der Waals surface area contributed by atoms with Crippen LogP contribution in [0, 0.1) is 0 Å². The Labute approximate surface area is 116 Å². The number of anilines is 2. The molecule has 7 nitrogen and oxygen atoms in total. The zero-order valence-electron chi connectivity index (χ0n) is 10.8. The van der Waals surface area contributed by atoms with Crippen molar-refractivity contribution in [2.24, 2.45) is 5.73 Å². The van der Waals surface area contributed by atoms with Gasteiger partial charge in [0.05, 0.1) is 0 Å². The molecule has 0 spiro atoms. The highest BCUT2D eigenvalue weighted by Gasteiger charge is 2.31. The molecule has 0 radical (unpaired) electrons. The van der Waals surface area contributed by atoms with Gasteiger partial charge in [-0.2, -0.15) is 15.0 Å². The number of hydrogen-bond acceptors (Lipinski definition) is 6. The van der Waals surface area contributed by atoms with Crippen LogP contribution in [-0.4, -0.2) is 40.0 Å². The van der Waals surface area contributed by atoms with E-state index in [1.807, 2.05) is 6.92 Å². The van der Waals surface area contributed by atoms with Crippen molar-refractivity contribution >= 4 is 29.4 Å². The van der Waals surface area contributed by atoms with E-state index in [-0.39, 0.29) is 17.2 Å². The normalized spacial score (nSPS) is 18.6. The fourth-order valence-corrected chi connectivity index (χ4v) is 2.24. The van der Waals surface area contributed by atoms with Gasteiger partial charge in [-0.15, -0.1) is 0 Å². The van der Waals surface area contributed by atoms with Crippen LogP contribution in [0.3, 0.4) is 0 Å². The summed E-state index contributed by atoms with van der Waals surface area (Å²) in [4.78, 5) is 25.5. The number of nitrogens with one attached hydrogen (secondary N) is 1. The first-order valence-electron chi connectivity index (χ1n) is 6.33. The molecule has 0 aliphatic carbocycles. The molecule has 19 heavy (non-hydrogen) atoms. The zero-order valence-corrected chi connectivity index (χ0v) is 11.5. The second-order valence-corrected chi connectivity index (χ2v) is 4.75. The molecule has 104 valence electrons. The third-order valence-corrected chi connectivity index (χ3v) is 3.14. The minimum Gasteiger partial charge on any atom is -0.368 e. The second kappa shape index (κ2) is 6.01. The fraction of sp³-hybridized carbons (Fsp3) is 0.636. The lowest BCUT2D eigenvalue weighted by atomic mass is 10.2. The number of carbonyl (C=O) groups is 1. The maximum atomic E-state index is 11.4. The van der Waals surface area contributed by atoms with Crippen LogP contribution in [-0.2, 0) is 4.79 Å². The van der Waals surface area contributed by atoms with Crippen LogP contribution < -0.4 is 16.0 Å². The molecule has 1 aliphatic rings. The maximum absolute atomic E-state index is 11.4. The van der Waals surface area contributed by atoms with E-state index in [1.54, 1.807) is 4.90 Å². The molecule has 1 unspecified atom stereocenters. The molecule has 3 N–H and O–H groups in total. The lowest BCUT2D eigenvalue weighted by Gasteiger charge is -2.22. The van der Waals surface area contributed by atoms with Gasteiger partial charge < -0.3 is 16.0 Å². The van der Waals surface area contributed by atoms with Crippen molar-refractivity contribution in [1.29, 1.82) is 0 Å². The third-order valence-electron chi connectivity index (χ3n) is 2.97. The number of nitrogens with two attached hydrogens (primary N) is 1. The quantitative estimate of drug-likeness (QED) is 0.830. The van der Waals surface area contributed by atoms with E-state index in [0.29, 0.717) is 18.4 Å². The summed E-state index contributed by atoms with van der Waals surface area (Å²) in [5.74, 6) is 0.462. The Morgan fingerprint density at radius 2 is 2.32 bits per heavy atom. The number of halogens is 1. The van der Waals surface area contributed by atoms with Gasteiger partial charge in [0, 0.05) is 13.1 Å². The van der Waals surface area contributed by atoms with Crippen LogP contribution in [0.4, 0.5) is 11.9 Å². The molecule has 1 aliphatic heterocycles. The highest BCUT2D eigenvalue weighted by Crippen LogP contribution is 2.23. The number of rotatable bonds is 5. The van der Waals surface area contributed by atoms with Crippen LogP contribution in [0.5, 0.6) is 0 Å². The third kappa shape index (κ3) is 3.23. The van der Waals surface area contributed by atoms with Crippen LogP contribution in [0.15, 0.2) is 0 Å². The summed E-state index contributed by atoms with van der Waals surface area (Å²) in [6.07, 6.45) is 2.55. The summed E-state index contributed by atoms with van der Waals surface area (Å²) in [5, 5.41) is 3.16. The molecule has 0 saturated carbocycles. The Kier molecular flexibility index (Phi) is 4.36. The van der Waals surface area contributed by atoms with Crippen molar-refractivity contribution in [3.05, 3.63) is 5.28 Å². The molecule has 0 bridgehead atoms. The molecule has 1 aromatic rings. The Morgan fingerprint density at radius 1 is 1.53 bits per heavy atom. The highest BCUT2D eigenvalue weighted by molar-refractivity contribution is 6.28. The predicted molar refractivity (Wildman–Crippen MR) is 73.2 cm³/mol. The van der Waals surface area contributed by atoms with Crippen LogP contribution in [0.1, 0.15) is 26.2 Å². The molecule has 1 fully saturated rings. The Bertz CT molecular complexity index is 468. The molecule has 1 aromatic heterocycles. The molecule has 2 rings (SSSR count). The van der Waals surface area contributed by atoms with E-state index >= 15 is 0 Å². The lowest BCUT2D eigenvalue weighted by Crippen LogP contribution is -2.41. The average molecular weight is 285 g/mol. The summed E-state index contributed by atoms with van der Waals surface area (Å²) in [6, 6.07) is -0.363. The molecule has 0 aromatic carbocycles. The molecule has 2 heterocycles. The second-order valence-electron chi connectivity index (χ2n) is 4.41. The summed E-state index contributed by atoms with van der Waals surface area (Å²) in [6.45, 7) is 3.49. The van der Waals surface area contributed by atoms with E-state index in [0.717, 1.165) is 25.8 Å². The summed E-state index contributed by atoms with van der Waals surface area (Å²) >= 11 is 5.89. The SMILES string of the molecule is CCCNc1nc(Cl)nc(N2CCCC2C(N)=O)n1. The van der Waals surface area contributed by atoms with Crippen molar-refractivity contribution in [3.63, 3.8) is 0 Å². The molecule has 8 heteroatoms. The number of primary amides is 1. The molecule has 1 atom stereocenters. The van der Waals surface area contributed by atoms with Gasteiger partial charge in [-0.25, -0.2) is 0 Å². The van der Waals surface area contributed by atoms with Crippen molar-refractivity contribution in [3.8, 4) is 0 Å². The Hall–Kier alpha value is -1.63. The van der Waals surface area contributed by atoms with Gasteiger partial charge in [-0.1, -0.05) is 6.92 Å². The van der Waals surface area contributed by atoms with Gasteiger partial charge in [0.15, 0.2) is 0 Å². The van der Waals surface area contributed by atoms with Gasteiger partial charge >= 0.3 is 0 Å². The van der Waals surface area contributed by atoms with Crippen LogP contribution >= 0.6 is 11.6 Å². The first-order chi connectivity index (χ1) is 9.11. The summed E-state index contributed by atoms with van der Waals surface area (Å²) < 4.78 is 0. The van der Waals surface area contributed by atoms with Crippen molar-refractivity contribution < 1.29 is 4.79 Å². The summed E-state index contributed by atoms with van der Waals surface area (Å²) in [7, 11) is 0. The number of aromatic nitrogens is 3. The average Bonchev–Trinajstić information content (AvgIpc) is 2.85. The molecule has 1 saturated heterocycles. The standard InChI is InChI=1S/C11H17ClN6O/c1-2-5-14-10-15-9(12)16-11(17-10)18-6-3-4-7(18)8(13)19/h7H,2-6H2,1H3,(H2,13,19)(H,14,15,16,17). The van der Waals surface area contributed by atoms with Crippen molar-refractivity contribution in [2.75, 3.05) is 23.3 Å². The van der Waals surface area contributed by atoms with E-state index in [2.05, 4.69) is 20.3 Å². The first kappa shape index (κ1) is 13.8. The number of amides is 1. The number of hydrogen-bond donors (Lipinski definition) is 2. The van der Waals surface area contributed by atoms with Gasteiger partial charge in [-0.3, -0.25) is 4.79 Å². The minimum atomic E-state index is -0.364. The smallest absolute Gasteiger partial charge is 0.240 e. The fourth-order valence-electron chi connectivity index (χ4n) is 2.09. The largest absolute Gasteiger partial charge is 0.368 e.